The summed E-state index contributed by atoms with van der Waals surface area (Å²) in [5, 5.41) is 7.58. The molecule has 2 heterocycles. The number of aromatic nitrogens is 3. The maximum absolute atomic E-state index is 13.4. The van der Waals surface area contributed by atoms with Crippen molar-refractivity contribution in [2.45, 2.75) is 40.0 Å². The van der Waals surface area contributed by atoms with Crippen molar-refractivity contribution < 1.29 is 9.18 Å². The van der Waals surface area contributed by atoms with Crippen molar-refractivity contribution in [1.29, 1.82) is 0 Å². The van der Waals surface area contributed by atoms with Gasteiger partial charge in [-0.05, 0) is 36.2 Å². The van der Waals surface area contributed by atoms with Crippen LogP contribution in [0.5, 0.6) is 0 Å². The molecule has 0 saturated carbocycles. The fourth-order valence-corrected chi connectivity index (χ4v) is 2.67. The molecule has 0 spiro atoms. The molecule has 0 fully saturated rings. The first-order chi connectivity index (χ1) is 12.6. The number of amides is 1. The normalized spacial score (nSPS) is 12.0. The Kier molecular flexibility index (Phi) is 5.00. The van der Waals surface area contributed by atoms with Gasteiger partial charge in [-0.1, -0.05) is 34.6 Å². The highest BCUT2D eigenvalue weighted by Gasteiger charge is 2.21. The van der Waals surface area contributed by atoms with Gasteiger partial charge in [-0.2, -0.15) is 5.10 Å². The van der Waals surface area contributed by atoms with Crippen LogP contribution in [-0.4, -0.2) is 27.0 Å². The monoisotopic (exact) mass is 368 g/mol. The molecule has 0 unspecified atom stereocenters. The number of carbonyl (C=O) groups excluding carboxylic acids is 1. The zero-order valence-electron chi connectivity index (χ0n) is 16.4. The summed E-state index contributed by atoms with van der Waals surface area (Å²) < 4.78 is 15.1. The first kappa shape index (κ1) is 19.0. The van der Waals surface area contributed by atoms with E-state index in [1.807, 2.05) is 19.9 Å². The Bertz CT molecular complexity index is 968. The van der Waals surface area contributed by atoms with Crippen molar-refractivity contribution in [1.82, 2.24) is 19.9 Å². The molecule has 5 nitrogen and oxygen atoms in total. The molecule has 0 aliphatic heterocycles. The van der Waals surface area contributed by atoms with Crippen LogP contribution < -0.4 is 5.32 Å². The van der Waals surface area contributed by atoms with E-state index in [0.717, 1.165) is 11.3 Å². The Morgan fingerprint density at radius 3 is 2.44 bits per heavy atom. The second kappa shape index (κ2) is 7.10. The van der Waals surface area contributed by atoms with Gasteiger partial charge in [-0.3, -0.25) is 4.79 Å². The van der Waals surface area contributed by atoms with Gasteiger partial charge in [0.15, 0.2) is 5.65 Å². The third-order valence-electron chi connectivity index (χ3n) is 4.24. The second-order valence-corrected chi connectivity index (χ2v) is 8.19. The quantitative estimate of drug-likeness (QED) is 0.750. The van der Waals surface area contributed by atoms with Gasteiger partial charge < -0.3 is 5.32 Å². The van der Waals surface area contributed by atoms with Crippen molar-refractivity contribution in [2.75, 3.05) is 6.54 Å². The summed E-state index contributed by atoms with van der Waals surface area (Å²) in [6.07, 6.45) is 0. The fraction of sp³-hybridized carbons (Fsp3) is 0.381. The number of carbonyl (C=O) groups is 1. The number of rotatable bonds is 4. The van der Waals surface area contributed by atoms with Crippen molar-refractivity contribution in [3.63, 3.8) is 0 Å². The van der Waals surface area contributed by atoms with Crippen LogP contribution >= 0.6 is 0 Å². The molecule has 2 aromatic heterocycles. The van der Waals surface area contributed by atoms with E-state index >= 15 is 0 Å². The highest BCUT2D eigenvalue weighted by atomic mass is 19.1. The van der Waals surface area contributed by atoms with E-state index in [9.17, 15) is 9.18 Å². The molecular weight excluding hydrogens is 343 g/mol. The third-order valence-corrected chi connectivity index (χ3v) is 4.24. The number of fused-ring (bicyclic) bond motifs is 1. The fourth-order valence-electron chi connectivity index (χ4n) is 2.67. The van der Waals surface area contributed by atoms with E-state index in [2.05, 4.69) is 36.2 Å². The van der Waals surface area contributed by atoms with Crippen LogP contribution in [0.25, 0.3) is 16.9 Å². The number of halogens is 1. The van der Waals surface area contributed by atoms with E-state index in [1.54, 1.807) is 22.7 Å². The Morgan fingerprint density at radius 2 is 1.85 bits per heavy atom. The highest BCUT2D eigenvalue weighted by Crippen LogP contribution is 2.26. The summed E-state index contributed by atoms with van der Waals surface area (Å²) in [4.78, 5) is 17.1. The summed E-state index contributed by atoms with van der Waals surface area (Å²) in [6, 6.07) is 9.75. The molecule has 1 N–H and O–H groups in total. The molecule has 0 saturated heterocycles. The Morgan fingerprint density at radius 1 is 1.19 bits per heavy atom. The van der Waals surface area contributed by atoms with E-state index in [0.29, 0.717) is 29.5 Å². The van der Waals surface area contributed by atoms with Crippen LogP contribution in [0, 0.1) is 11.7 Å². The largest absolute Gasteiger partial charge is 0.350 e. The molecule has 27 heavy (non-hydrogen) atoms. The average Bonchev–Trinajstić information content (AvgIpc) is 3.04. The molecule has 0 atom stereocenters. The Labute approximate surface area is 158 Å². The number of nitrogens with one attached hydrogen (secondary N) is 1. The first-order valence-electron chi connectivity index (χ1n) is 9.10. The molecule has 142 valence electrons. The van der Waals surface area contributed by atoms with E-state index in [1.165, 1.54) is 12.1 Å². The molecule has 1 aromatic carbocycles. The minimum atomic E-state index is -0.310. The highest BCUT2D eigenvalue weighted by molar-refractivity contribution is 5.94. The van der Waals surface area contributed by atoms with Gasteiger partial charge in [0.05, 0.1) is 11.4 Å². The zero-order valence-corrected chi connectivity index (χ0v) is 16.4. The summed E-state index contributed by atoms with van der Waals surface area (Å²) in [5.41, 5.74) is 3.10. The molecule has 0 bridgehead atoms. The predicted octanol–water partition coefficient (Wildman–Crippen LogP) is 4.22. The number of benzene rings is 1. The van der Waals surface area contributed by atoms with Crippen LogP contribution in [0.15, 0.2) is 36.4 Å². The minimum absolute atomic E-state index is 0.159. The average molecular weight is 368 g/mol. The van der Waals surface area contributed by atoms with Crippen LogP contribution in [0.2, 0.25) is 0 Å². The lowest BCUT2D eigenvalue weighted by atomic mass is 9.93. The summed E-state index contributed by atoms with van der Waals surface area (Å²) in [5.74, 6) is -0.195. The van der Waals surface area contributed by atoms with E-state index in [4.69, 9.17) is 0 Å². The summed E-state index contributed by atoms with van der Waals surface area (Å²) in [6.45, 7) is 10.9. The lowest BCUT2D eigenvalue weighted by molar-refractivity contribution is 0.0944. The van der Waals surface area contributed by atoms with Gasteiger partial charge >= 0.3 is 0 Å². The van der Waals surface area contributed by atoms with Crippen LogP contribution in [0.1, 0.15) is 50.8 Å². The zero-order chi connectivity index (χ0) is 19.8. The van der Waals surface area contributed by atoms with Crippen molar-refractivity contribution >= 4 is 11.6 Å². The SMILES string of the molecule is CC(C)CNC(=O)c1cc(-c2ccc(F)cc2)n2nc(C(C)(C)C)cc2n1. The molecule has 0 radical (unpaired) electrons. The lowest BCUT2D eigenvalue weighted by Gasteiger charge is -2.13. The first-order valence-corrected chi connectivity index (χ1v) is 9.10. The van der Waals surface area contributed by atoms with E-state index in [-0.39, 0.29) is 17.1 Å². The summed E-state index contributed by atoms with van der Waals surface area (Å²) in [7, 11) is 0. The molecule has 3 rings (SSSR count). The van der Waals surface area contributed by atoms with E-state index < -0.39 is 0 Å². The molecule has 3 aromatic rings. The predicted molar refractivity (Wildman–Crippen MR) is 104 cm³/mol. The molecule has 0 aliphatic rings. The number of hydrogen-bond donors (Lipinski definition) is 1. The lowest BCUT2D eigenvalue weighted by Crippen LogP contribution is -2.28. The number of nitrogens with zero attached hydrogens (tertiary/aromatic N) is 3. The molecule has 6 heteroatoms. The van der Waals surface area contributed by atoms with Crippen molar-refractivity contribution in [3.05, 3.63) is 53.6 Å². The van der Waals surface area contributed by atoms with Gasteiger partial charge in [0.25, 0.3) is 5.91 Å². The van der Waals surface area contributed by atoms with Gasteiger partial charge in [0, 0.05) is 23.6 Å². The van der Waals surface area contributed by atoms with Crippen molar-refractivity contribution in [3.8, 4) is 11.3 Å². The van der Waals surface area contributed by atoms with Gasteiger partial charge in [-0.15, -0.1) is 0 Å². The van der Waals surface area contributed by atoms with Gasteiger partial charge in [-0.25, -0.2) is 13.9 Å². The van der Waals surface area contributed by atoms with Crippen LogP contribution in [-0.2, 0) is 5.41 Å². The van der Waals surface area contributed by atoms with Crippen LogP contribution in [0.4, 0.5) is 4.39 Å². The summed E-state index contributed by atoms with van der Waals surface area (Å²) >= 11 is 0. The van der Waals surface area contributed by atoms with Gasteiger partial charge in [0.1, 0.15) is 11.5 Å². The maximum atomic E-state index is 13.4. The maximum Gasteiger partial charge on any atom is 0.270 e. The topological polar surface area (TPSA) is 59.3 Å². The second-order valence-electron chi connectivity index (χ2n) is 8.19. The van der Waals surface area contributed by atoms with Crippen molar-refractivity contribution in [2.24, 2.45) is 5.92 Å². The smallest absolute Gasteiger partial charge is 0.270 e. The minimum Gasteiger partial charge on any atom is -0.350 e. The molecule has 0 aliphatic carbocycles. The molecular formula is C21H25FN4O. The molecule has 1 amide bonds. The van der Waals surface area contributed by atoms with Crippen LogP contribution in [0.3, 0.4) is 0 Å². The Balaban J connectivity index is 2.15. The van der Waals surface area contributed by atoms with Gasteiger partial charge in [0.2, 0.25) is 0 Å². The Hall–Kier alpha value is -2.76. The standard InChI is InChI=1S/C21H25FN4O/c1-13(2)12-23-20(27)16-10-17(14-6-8-15(22)9-7-14)26-19(24-16)11-18(25-26)21(3,4)5/h6-11,13H,12H2,1-5H3,(H,23,27). The number of hydrogen-bond acceptors (Lipinski definition) is 3. The third kappa shape index (κ3) is 4.15.